The normalized spacial score (nSPS) is 10.3. The Labute approximate surface area is 105 Å². The number of hydrogen-bond acceptors (Lipinski definition) is 4. The van der Waals surface area contributed by atoms with Crippen LogP contribution in [0.25, 0.3) is 0 Å². The maximum absolute atomic E-state index is 13.3. The van der Waals surface area contributed by atoms with Crippen LogP contribution in [0.5, 0.6) is 0 Å². The predicted molar refractivity (Wildman–Crippen MR) is 59.5 cm³/mol. The van der Waals surface area contributed by atoms with Gasteiger partial charge in [-0.3, -0.25) is 0 Å². The second kappa shape index (κ2) is 5.09. The van der Waals surface area contributed by atoms with Crippen molar-refractivity contribution in [3.8, 4) is 0 Å². The van der Waals surface area contributed by atoms with Crippen molar-refractivity contribution in [2.24, 2.45) is 0 Å². The molecule has 0 unspecified atom stereocenters. The van der Waals surface area contributed by atoms with E-state index in [9.17, 15) is 13.6 Å². The average molecular weight is 268 g/mol. The van der Waals surface area contributed by atoms with Crippen molar-refractivity contribution in [1.82, 2.24) is 9.97 Å². The zero-order valence-electron chi connectivity index (χ0n) is 8.80. The standard InChI is InChI=1S/C11H6F2N2O2S/c12-7-3-8(13)10(15-5-7)18-9-2-1-6(4-14-9)11(16)17/h1-5H,(H,16,17). The SMILES string of the molecule is O=C(O)c1ccc(Sc2ncc(F)cc2F)nc1. The molecule has 0 atom stereocenters. The molecule has 1 N–H and O–H groups in total. The zero-order valence-corrected chi connectivity index (χ0v) is 9.62. The maximum Gasteiger partial charge on any atom is 0.337 e. The van der Waals surface area contributed by atoms with Gasteiger partial charge in [0.2, 0.25) is 0 Å². The lowest BCUT2D eigenvalue weighted by Crippen LogP contribution is -1.97. The summed E-state index contributed by atoms with van der Waals surface area (Å²) in [6.45, 7) is 0. The van der Waals surface area contributed by atoms with Gasteiger partial charge in [-0.15, -0.1) is 0 Å². The third-order valence-corrected chi connectivity index (χ3v) is 2.90. The number of halogens is 2. The lowest BCUT2D eigenvalue weighted by Gasteiger charge is -2.01. The monoisotopic (exact) mass is 268 g/mol. The van der Waals surface area contributed by atoms with Crippen LogP contribution in [-0.4, -0.2) is 21.0 Å². The molecule has 0 bridgehead atoms. The lowest BCUT2D eigenvalue weighted by atomic mass is 10.3. The van der Waals surface area contributed by atoms with Crippen LogP contribution >= 0.6 is 11.8 Å². The van der Waals surface area contributed by atoms with Crippen molar-refractivity contribution in [2.45, 2.75) is 10.1 Å². The number of hydrogen-bond donors (Lipinski definition) is 1. The van der Waals surface area contributed by atoms with Crippen LogP contribution in [0.4, 0.5) is 8.78 Å². The highest BCUT2D eigenvalue weighted by atomic mass is 32.2. The van der Waals surface area contributed by atoms with Crippen molar-refractivity contribution >= 4 is 17.7 Å². The van der Waals surface area contributed by atoms with Crippen molar-refractivity contribution in [3.63, 3.8) is 0 Å². The summed E-state index contributed by atoms with van der Waals surface area (Å²) in [6, 6.07) is 3.50. The first-order chi connectivity index (χ1) is 8.56. The van der Waals surface area contributed by atoms with E-state index in [1.165, 1.54) is 12.1 Å². The first-order valence-electron chi connectivity index (χ1n) is 4.74. The van der Waals surface area contributed by atoms with Crippen LogP contribution in [0.15, 0.2) is 40.6 Å². The minimum atomic E-state index is -1.09. The summed E-state index contributed by atoms with van der Waals surface area (Å²) in [7, 11) is 0. The van der Waals surface area contributed by atoms with E-state index in [1.54, 1.807) is 0 Å². The molecule has 92 valence electrons. The summed E-state index contributed by atoms with van der Waals surface area (Å²) in [4.78, 5) is 18.0. The van der Waals surface area contributed by atoms with Crippen molar-refractivity contribution in [2.75, 3.05) is 0 Å². The van der Waals surface area contributed by atoms with E-state index in [-0.39, 0.29) is 10.6 Å². The Kier molecular flexibility index (Phi) is 3.52. The molecule has 2 aromatic heterocycles. The van der Waals surface area contributed by atoms with Crippen LogP contribution in [0.3, 0.4) is 0 Å². The Morgan fingerprint density at radius 1 is 1.22 bits per heavy atom. The number of carbonyl (C=O) groups is 1. The summed E-state index contributed by atoms with van der Waals surface area (Å²) in [6.07, 6.45) is 2.06. The summed E-state index contributed by atoms with van der Waals surface area (Å²) in [5.74, 6) is -2.64. The Balaban J connectivity index is 2.21. The van der Waals surface area contributed by atoms with E-state index < -0.39 is 17.6 Å². The summed E-state index contributed by atoms with van der Waals surface area (Å²) < 4.78 is 25.9. The van der Waals surface area contributed by atoms with E-state index in [4.69, 9.17) is 5.11 Å². The van der Waals surface area contributed by atoms with Crippen LogP contribution in [-0.2, 0) is 0 Å². The van der Waals surface area contributed by atoms with E-state index in [0.717, 1.165) is 30.2 Å². The number of rotatable bonds is 3. The second-order valence-electron chi connectivity index (χ2n) is 3.23. The summed E-state index contributed by atoms with van der Waals surface area (Å²) in [5, 5.41) is 9.03. The van der Waals surface area contributed by atoms with Crippen LogP contribution in [0, 0.1) is 11.6 Å². The molecule has 2 aromatic rings. The molecule has 2 rings (SSSR count). The van der Waals surface area contributed by atoms with Crippen LogP contribution in [0.2, 0.25) is 0 Å². The molecule has 0 aliphatic carbocycles. The molecule has 0 aromatic carbocycles. The van der Waals surface area contributed by atoms with Crippen LogP contribution < -0.4 is 0 Å². The molecule has 18 heavy (non-hydrogen) atoms. The van der Waals surface area contributed by atoms with Crippen molar-refractivity contribution < 1.29 is 18.7 Å². The molecule has 0 fully saturated rings. The molecule has 2 heterocycles. The number of carboxylic acids is 1. The summed E-state index contributed by atoms with van der Waals surface area (Å²) in [5.41, 5.74) is 0.0342. The highest BCUT2D eigenvalue weighted by Gasteiger charge is 2.09. The smallest absolute Gasteiger partial charge is 0.337 e. The molecule has 0 radical (unpaired) electrons. The highest BCUT2D eigenvalue weighted by Crippen LogP contribution is 2.26. The molecule has 4 nitrogen and oxygen atoms in total. The van der Waals surface area contributed by atoms with Gasteiger partial charge < -0.3 is 5.11 Å². The molecule has 0 saturated carbocycles. The average Bonchev–Trinajstić information content (AvgIpc) is 2.33. The van der Waals surface area contributed by atoms with Gasteiger partial charge in [0.25, 0.3) is 0 Å². The molecule has 0 aliphatic rings. The fraction of sp³-hybridized carbons (Fsp3) is 0. The van der Waals surface area contributed by atoms with Gasteiger partial charge in [-0.05, 0) is 23.9 Å². The maximum atomic E-state index is 13.3. The Hall–Kier alpha value is -2.02. The Morgan fingerprint density at radius 3 is 2.56 bits per heavy atom. The van der Waals surface area contributed by atoms with E-state index in [0.29, 0.717) is 5.03 Å². The van der Waals surface area contributed by atoms with E-state index in [2.05, 4.69) is 9.97 Å². The quantitative estimate of drug-likeness (QED) is 0.927. The fourth-order valence-electron chi connectivity index (χ4n) is 1.14. The number of nitrogens with zero attached hydrogens (tertiary/aromatic N) is 2. The Bertz CT molecular complexity index is 590. The number of pyridine rings is 2. The van der Waals surface area contributed by atoms with Gasteiger partial charge in [0.15, 0.2) is 5.82 Å². The van der Waals surface area contributed by atoms with Gasteiger partial charge in [0.05, 0.1) is 11.8 Å². The zero-order chi connectivity index (χ0) is 13.1. The molecule has 0 aliphatic heterocycles. The van der Waals surface area contributed by atoms with Crippen molar-refractivity contribution in [1.29, 1.82) is 0 Å². The number of aromatic nitrogens is 2. The summed E-state index contributed by atoms with van der Waals surface area (Å²) >= 11 is 0.887. The minimum absolute atomic E-state index is 0.0213. The van der Waals surface area contributed by atoms with E-state index in [1.807, 2.05) is 0 Å². The lowest BCUT2D eigenvalue weighted by molar-refractivity contribution is 0.0696. The van der Waals surface area contributed by atoms with Crippen LogP contribution in [0.1, 0.15) is 10.4 Å². The third kappa shape index (κ3) is 2.80. The van der Waals surface area contributed by atoms with Gasteiger partial charge in [0, 0.05) is 12.3 Å². The van der Waals surface area contributed by atoms with Gasteiger partial charge in [-0.1, -0.05) is 0 Å². The fourth-order valence-corrected chi connectivity index (χ4v) is 1.84. The van der Waals surface area contributed by atoms with Crippen molar-refractivity contribution in [3.05, 3.63) is 47.8 Å². The predicted octanol–water partition coefficient (Wildman–Crippen LogP) is 2.60. The highest BCUT2D eigenvalue weighted by molar-refractivity contribution is 7.99. The molecule has 0 amide bonds. The van der Waals surface area contributed by atoms with Gasteiger partial charge in [-0.2, -0.15) is 0 Å². The van der Waals surface area contributed by atoms with Gasteiger partial charge >= 0.3 is 5.97 Å². The first kappa shape index (κ1) is 12.4. The molecule has 7 heteroatoms. The minimum Gasteiger partial charge on any atom is -0.478 e. The molecule has 0 saturated heterocycles. The molecule has 0 spiro atoms. The topological polar surface area (TPSA) is 63.1 Å². The number of aromatic carboxylic acids is 1. The third-order valence-electron chi connectivity index (χ3n) is 1.96. The molecular weight excluding hydrogens is 262 g/mol. The van der Waals surface area contributed by atoms with Gasteiger partial charge in [-0.25, -0.2) is 23.5 Å². The van der Waals surface area contributed by atoms with Gasteiger partial charge in [0.1, 0.15) is 15.9 Å². The second-order valence-corrected chi connectivity index (χ2v) is 4.24. The number of carboxylic acid groups (broad SMARTS) is 1. The first-order valence-corrected chi connectivity index (χ1v) is 5.56. The Morgan fingerprint density at radius 2 is 2.00 bits per heavy atom. The molecular formula is C11H6F2N2O2S. The largest absolute Gasteiger partial charge is 0.478 e. The van der Waals surface area contributed by atoms with E-state index >= 15 is 0 Å².